The van der Waals surface area contributed by atoms with Crippen LogP contribution >= 0.6 is 15.9 Å². The lowest BCUT2D eigenvalue weighted by Gasteiger charge is -2.04. The molecule has 3 heterocycles. The number of aryl methyl sites for hydroxylation is 1. The Balaban J connectivity index is 1.56. The van der Waals surface area contributed by atoms with Crippen molar-refractivity contribution in [2.24, 2.45) is 0 Å². The van der Waals surface area contributed by atoms with Crippen LogP contribution in [0.15, 0.2) is 39.6 Å². The first kappa shape index (κ1) is 17.9. The molecule has 0 N–H and O–H groups in total. The Hall–Kier alpha value is -2.95. The summed E-state index contributed by atoms with van der Waals surface area (Å²) in [4.78, 5) is 26.3. The average Bonchev–Trinajstić information content (AvgIpc) is 3.29. The van der Waals surface area contributed by atoms with Crippen molar-refractivity contribution in [3.8, 4) is 0 Å². The zero-order valence-corrected chi connectivity index (χ0v) is 15.2. The lowest BCUT2D eigenvalue weighted by molar-refractivity contribution is -0.392. The minimum absolute atomic E-state index is 0.0426. The maximum Gasteiger partial charge on any atom is 0.374 e. The van der Waals surface area contributed by atoms with Crippen LogP contribution < -0.4 is 0 Å². The Morgan fingerprint density at radius 2 is 2.23 bits per heavy atom. The smallest absolute Gasteiger partial charge is 0.374 e. The summed E-state index contributed by atoms with van der Waals surface area (Å²) in [6, 6.07) is 3.18. The number of furan rings is 1. The van der Waals surface area contributed by atoms with Crippen molar-refractivity contribution < 1.29 is 18.9 Å². The van der Waals surface area contributed by atoms with Gasteiger partial charge in [-0.05, 0) is 33.0 Å². The van der Waals surface area contributed by atoms with E-state index < -0.39 is 10.9 Å². The fraction of sp³-hybridized carbons (Fsp3) is 0.267. The van der Waals surface area contributed by atoms with Crippen molar-refractivity contribution in [3.63, 3.8) is 0 Å². The zero-order chi connectivity index (χ0) is 18.7. The molecule has 0 aromatic carbocycles. The van der Waals surface area contributed by atoms with Crippen LogP contribution in [0.2, 0.25) is 0 Å². The van der Waals surface area contributed by atoms with Gasteiger partial charge in [0, 0.05) is 13.1 Å². The van der Waals surface area contributed by atoms with E-state index in [1.165, 1.54) is 16.8 Å². The minimum Gasteiger partial charge on any atom is -0.456 e. The molecule has 10 nitrogen and oxygen atoms in total. The molecular weight excluding hydrogens is 410 g/mol. The fourth-order valence-electron chi connectivity index (χ4n) is 2.34. The Labute approximate surface area is 155 Å². The first-order valence-corrected chi connectivity index (χ1v) is 8.33. The Bertz CT molecular complexity index is 944. The molecule has 0 saturated heterocycles. The van der Waals surface area contributed by atoms with Crippen molar-refractivity contribution in [2.75, 3.05) is 6.61 Å². The molecule has 26 heavy (non-hydrogen) atoms. The van der Waals surface area contributed by atoms with E-state index in [0.717, 1.165) is 4.47 Å². The van der Waals surface area contributed by atoms with Gasteiger partial charge in [0.05, 0.1) is 17.2 Å². The molecule has 0 atom stereocenters. The van der Waals surface area contributed by atoms with Gasteiger partial charge in [-0.15, -0.1) is 0 Å². The highest BCUT2D eigenvalue weighted by Gasteiger charge is 2.19. The van der Waals surface area contributed by atoms with Gasteiger partial charge in [-0.2, -0.15) is 5.10 Å². The number of hydrogen-bond acceptors (Lipinski definition) is 7. The van der Waals surface area contributed by atoms with Gasteiger partial charge in [-0.1, -0.05) is 0 Å². The lowest BCUT2D eigenvalue weighted by atomic mass is 10.4. The Morgan fingerprint density at radius 3 is 2.92 bits per heavy atom. The minimum atomic E-state index is -0.640. The molecular formula is C15H14BrN5O5. The van der Waals surface area contributed by atoms with E-state index in [2.05, 4.69) is 26.0 Å². The molecule has 0 spiro atoms. The molecule has 0 aliphatic carbocycles. The van der Waals surface area contributed by atoms with Crippen molar-refractivity contribution in [1.29, 1.82) is 0 Å². The molecule has 11 heteroatoms. The summed E-state index contributed by atoms with van der Waals surface area (Å²) >= 11 is 3.30. The molecule has 0 aliphatic rings. The number of hydrogen-bond donors (Lipinski definition) is 0. The van der Waals surface area contributed by atoms with Gasteiger partial charge in [-0.25, -0.2) is 14.3 Å². The molecule has 3 rings (SSSR count). The highest BCUT2D eigenvalue weighted by atomic mass is 79.9. The predicted octanol–water partition coefficient (Wildman–Crippen LogP) is 2.56. The SMILES string of the molecule is Cc1ncc([N+](=O)[O-])n1CCOC(=O)c1ccc(Cn2cc(Br)cn2)o1. The van der Waals surface area contributed by atoms with Gasteiger partial charge < -0.3 is 19.3 Å². The van der Waals surface area contributed by atoms with Crippen LogP contribution in [0.25, 0.3) is 0 Å². The summed E-state index contributed by atoms with van der Waals surface area (Å²) in [7, 11) is 0. The maximum atomic E-state index is 12.0. The topological polar surface area (TPSA) is 118 Å². The number of carbonyl (C=O) groups is 1. The molecule has 0 amide bonds. The number of carbonyl (C=O) groups excluding carboxylic acids is 1. The molecule has 3 aromatic rings. The Kier molecular flexibility index (Phi) is 5.16. The van der Waals surface area contributed by atoms with Crippen molar-refractivity contribution in [2.45, 2.75) is 20.0 Å². The van der Waals surface area contributed by atoms with E-state index in [-0.39, 0.29) is 24.7 Å². The summed E-state index contributed by atoms with van der Waals surface area (Å²) in [5.41, 5.74) is 0. The van der Waals surface area contributed by atoms with Gasteiger partial charge in [0.15, 0.2) is 5.82 Å². The first-order valence-electron chi connectivity index (χ1n) is 7.54. The van der Waals surface area contributed by atoms with E-state index in [1.54, 1.807) is 30.1 Å². The highest BCUT2D eigenvalue weighted by Crippen LogP contribution is 2.15. The molecule has 0 unspecified atom stereocenters. The quantitative estimate of drug-likeness (QED) is 0.325. The maximum absolute atomic E-state index is 12.0. The monoisotopic (exact) mass is 423 g/mol. The molecule has 0 bridgehead atoms. The van der Waals surface area contributed by atoms with E-state index in [0.29, 0.717) is 18.1 Å². The normalized spacial score (nSPS) is 10.8. The molecule has 0 radical (unpaired) electrons. The number of halogens is 1. The standard InChI is InChI=1S/C15H14BrN5O5/c1-10-17-7-14(21(23)24)20(10)4-5-25-15(22)13-3-2-12(26-13)9-19-8-11(16)6-18-19/h2-3,6-8H,4-5,9H2,1H3. The van der Waals surface area contributed by atoms with Crippen molar-refractivity contribution in [1.82, 2.24) is 19.3 Å². The summed E-state index contributed by atoms with van der Waals surface area (Å²) in [5, 5.41) is 15.0. The van der Waals surface area contributed by atoms with Crippen LogP contribution in [-0.2, 0) is 17.8 Å². The predicted molar refractivity (Wildman–Crippen MR) is 91.6 cm³/mol. The third-order valence-electron chi connectivity index (χ3n) is 3.55. The Morgan fingerprint density at radius 1 is 1.42 bits per heavy atom. The molecule has 136 valence electrons. The van der Waals surface area contributed by atoms with Crippen molar-refractivity contribution >= 4 is 27.7 Å². The number of aromatic nitrogens is 4. The van der Waals surface area contributed by atoms with Gasteiger partial charge in [0.1, 0.15) is 25.1 Å². The number of nitrogens with zero attached hydrogens (tertiary/aromatic N) is 5. The third kappa shape index (κ3) is 3.99. The number of imidazole rings is 1. The van der Waals surface area contributed by atoms with E-state index >= 15 is 0 Å². The number of nitro groups is 1. The van der Waals surface area contributed by atoms with Crippen LogP contribution in [0.1, 0.15) is 22.1 Å². The number of esters is 1. The lowest BCUT2D eigenvalue weighted by Crippen LogP contribution is -2.13. The number of ether oxygens (including phenoxy) is 1. The van der Waals surface area contributed by atoms with Gasteiger partial charge in [0.25, 0.3) is 0 Å². The second-order valence-corrected chi connectivity index (χ2v) is 6.25. The second kappa shape index (κ2) is 7.52. The average molecular weight is 424 g/mol. The highest BCUT2D eigenvalue weighted by molar-refractivity contribution is 9.10. The van der Waals surface area contributed by atoms with Gasteiger partial charge in [-0.3, -0.25) is 4.68 Å². The van der Waals surface area contributed by atoms with Crippen molar-refractivity contribution in [3.05, 3.63) is 62.7 Å². The largest absolute Gasteiger partial charge is 0.456 e. The van der Waals surface area contributed by atoms with Gasteiger partial charge in [0.2, 0.25) is 5.76 Å². The summed E-state index contributed by atoms with van der Waals surface area (Å²) in [6.45, 7) is 2.10. The van der Waals surface area contributed by atoms with Crippen LogP contribution in [0.4, 0.5) is 5.82 Å². The summed E-state index contributed by atoms with van der Waals surface area (Å²) in [5.74, 6) is 0.290. The van der Waals surface area contributed by atoms with Gasteiger partial charge >= 0.3 is 11.8 Å². The summed E-state index contributed by atoms with van der Waals surface area (Å²) in [6.07, 6.45) is 4.60. The molecule has 0 aliphatic heterocycles. The number of rotatable bonds is 7. The fourth-order valence-corrected chi connectivity index (χ4v) is 2.66. The van der Waals surface area contributed by atoms with Crippen LogP contribution in [0, 0.1) is 17.0 Å². The van der Waals surface area contributed by atoms with E-state index in [9.17, 15) is 14.9 Å². The van der Waals surface area contributed by atoms with Crippen LogP contribution in [0.5, 0.6) is 0 Å². The van der Waals surface area contributed by atoms with Crippen LogP contribution in [0.3, 0.4) is 0 Å². The molecule has 0 fully saturated rings. The molecule has 3 aromatic heterocycles. The van der Waals surface area contributed by atoms with E-state index in [1.807, 2.05) is 0 Å². The summed E-state index contributed by atoms with van der Waals surface area (Å²) < 4.78 is 14.4. The second-order valence-electron chi connectivity index (χ2n) is 5.33. The molecule has 0 saturated carbocycles. The zero-order valence-electron chi connectivity index (χ0n) is 13.7. The van der Waals surface area contributed by atoms with Crippen LogP contribution in [-0.4, -0.2) is 36.8 Å². The first-order chi connectivity index (χ1) is 12.4. The van der Waals surface area contributed by atoms with E-state index in [4.69, 9.17) is 9.15 Å². The third-order valence-corrected chi connectivity index (χ3v) is 3.96.